The zero-order valence-corrected chi connectivity index (χ0v) is 14.9. The normalized spacial score (nSPS) is 16.8. The average molecular weight is 354 g/mol. The number of nitrogens with zero attached hydrogens (tertiary/aromatic N) is 1. The summed E-state index contributed by atoms with van der Waals surface area (Å²) in [5.41, 5.74) is 2.94. The van der Waals surface area contributed by atoms with Gasteiger partial charge in [0.2, 0.25) is 11.8 Å². The van der Waals surface area contributed by atoms with E-state index in [2.05, 4.69) is 12.2 Å². The first-order valence-corrected chi connectivity index (χ1v) is 8.97. The van der Waals surface area contributed by atoms with Crippen LogP contribution in [0.5, 0.6) is 0 Å². The molecule has 26 heavy (non-hydrogen) atoms. The number of halogens is 1. The summed E-state index contributed by atoms with van der Waals surface area (Å²) in [5, 5.41) is 2.90. The SMILES string of the molecule is CCc1ccc(NC(=O)C2CC(=O)N(CCc3ccc(F)cc3)C2)cc1. The van der Waals surface area contributed by atoms with E-state index in [1.807, 2.05) is 24.3 Å². The summed E-state index contributed by atoms with van der Waals surface area (Å²) in [7, 11) is 0. The third-order valence-corrected chi connectivity index (χ3v) is 4.80. The second kappa shape index (κ2) is 8.13. The van der Waals surface area contributed by atoms with Gasteiger partial charge in [0.25, 0.3) is 0 Å². The summed E-state index contributed by atoms with van der Waals surface area (Å²) in [6, 6.07) is 14.0. The number of nitrogens with one attached hydrogen (secondary N) is 1. The lowest BCUT2D eigenvalue weighted by molar-refractivity contribution is -0.128. The first-order valence-electron chi connectivity index (χ1n) is 8.97. The number of aryl methyl sites for hydroxylation is 1. The molecule has 5 heteroatoms. The summed E-state index contributed by atoms with van der Waals surface area (Å²) in [6.07, 6.45) is 1.84. The Morgan fingerprint density at radius 3 is 2.42 bits per heavy atom. The summed E-state index contributed by atoms with van der Waals surface area (Å²) < 4.78 is 12.9. The highest BCUT2D eigenvalue weighted by Gasteiger charge is 2.33. The molecule has 0 bridgehead atoms. The van der Waals surface area contributed by atoms with Crippen LogP contribution in [-0.4, -0.2) is 29.8 Å². The fourth-order valence-electron chi connectivity index (χ4n) is 3.15. The summed E-state index contributed by atoms with van der Waals surface area (Å²) in [6.45, 7) is 3.05. The fourth-order valence-corrected chi connectivity index (χ4v) is 3.15. The van der Waals surface area contributed by atoms with Crippen molar-refractivity contribution in [1.29, 1.82) is 0 Å². The molecule has 1 aliphatic heterocycles. The maximum Gasteiger partial charge on any atom is 0.229 e. The van der Waals surface area contributed by atoms with E-state index in [1.165, 1.54) is 17.7 Å². The van der Waals surface area contributed by atoms with Crippen LogP contribution >= 0.6 is 0 Å². The van der Waals surface area contributed by atoms with Crippen molar-refractivity contribution in [2.75, 3.05) is 18.4 Å². The predicted octanol–water partition coefficient (Wildman–Crippen LogP) is 3.42. The molecule has 1 aliphatic rings. The lowest BCUT2D eigenvalue weighted by Crippen LogP contribution is -2.30. The van der Waals surface area contributed by atoms with Crippen LogP contribution in [0.3, 0.4) is 0 Å². The molecule has 1 N–H and O–H groups in total. The number of benzene rings is 2. The van der Waals surface area contributed by atoms with Gasteiger partial charge < -0.3 is 10.2 Å². The molecule has 0 aliphatic carbocycles. The molecule has 136 valence electrons. The second-order valence-electron chi connectivity index (χ2n) is 6.66. The average Bonchev–Trinajstić information content (AvgIpc) is 3.03. The highest BCUT2D eigenvalue weighted by atomic mass is 19.1. The van der Waals surface area contributed by atoms with Gasteiger partial charge in [-0.3, -0.25) is 9.59 Å². The Morgan fingerprint density at radius 1 is 1.12 bits per heavy atom. The first kappa shape index (κ1) is 18.1. The number of hydrogen-bond donors (Lipinski definition) is 1. The third-order valence-electron chi connectivity index (χ3n) is 4.80. The molecule has 1 heterocycles. The van der Waals surface area contributed by atoms with Gasteiger partial charge in [-0.15, -0.1) is 0 Å². The van der Waals surface area contributed by atoms with Crippen LogP contribution in [0.1, 0.15) is 24.5 Å². The Morgan fingerprint density at radius 2 is 1.77 bits per heavy atom. The molecule has 0 saturated carbocycles. The minimum Gasteiger partial charge on any atom is -0.342 e. The lowest BCUT2D eigenvalue weighted by atomic mass is 10.1. The minimum absolute atomic E-state index is 0.00593. The zero-order valence-electron chi connectivity index (χ0n) is 14.9. The maximum absolute atomic E-state index is 12.9. The summed E-state index contributed by atoms with van der Waals surface area (Å²) >= 11 is 0. The Balaban J connectivity index is 1.52. The van der Waals surface area contributed by atoms with Gasteiger partial charge in [0, 0.05) is 25.2 Å². The maximum atomic E-state index is 12.9. The third kappa shape index (κ3) is 4.48. The highest BCUT2D eigenvalue weighted by molar-refractivity contribution is 5.97. The largest absolute Gasteiger partial charge is 0.342 e. The first-order chi connectivity index (χ1) is 12.5. The van der Waals surface area contributed by atoms with Crippen LogP contribution in [0.4, 0.5) is 10.1 Å². The number of carbonyl (C=O) groups excluding carboxylic acids is 2. The van der Waals surface area contributed by atoms with Crippen molar-refractivity contribution >= 4 is 17.5 Å². The number of amides is 2. The molecule has 0 spiro atoms. The van der Waals surface area contributed by atoms with E-state index in [1.54, 1.807) is 17.0 Å². The Bertz CT molecular complexity index is 772. The van der Waals surface area contributed by atoms with Crippen molar-refractivity contribution in [3.63, 3.8) is 0 Å². The standard InChI is InChI=1S/C21H23FN2O2/c1-2-15-5-9-19(10-6-15)23-21(26)17-13-20(25)24(14-17)12-11-16-3-7-18(22)8-4-16/h3-10,17H,2,11-14H2,1H3,(H,23,26). The van der Waals surface area contributed by atoms with E-state index < -0.39 is 0 Å². The van der Waals surface area contributed by atoms with Crippen molar-refractivity contribution in [2.45, 2.75) is 26.2 Å². The Labute approximate surface area is 153 Å². The van der Waals surface area contributed by atoms with Gasteiger partial charge in [-0.2, -0.15) is 0 Å². The number of carbonyl (C=O) groups is 2. The van der Waals surface area contributed by atoms with E-state index >= 15 is 0 Å². The Kier molecular flexibility index (Phi) is 5.66. The van der Waals surface area contributed by atoms with Crippen molar-refractivity contribution in [3.05, 3.63) is 65.5 Å². The van der Waals surface area contributed by atoms with Crippen LogP contribution in [0, 0.1) is 11.7 Å². The molecule has 0 radical (unpaired) electrons. The predicted molar refractivity (Wildman–Crippen MR) is 99.2 cm³/mol. The van der Waals surface area contributed by atoms with Gasteiger partial charge in [-0.1, -0.05) is 31.2 Å². The number of anilines is 1. The van der Waals surface area contributed by atoms with Crippen LogP contribution in [-0.2, 0) is 22.4 Å². The van der Waals surface area contributed by atoms with Crippen molar-refractivity contribution in [1.82, 2.24) is 4.90 Å². The molecular weight excluding hydrogens is 331 g/mol. The smallest absolute Gasteiger partial charge is 0.229 e. The quantitative estimate of drug-likeness (QED) is 0.864. The van der Waals surface area contributed by atoms with Crippen LogP contribution in [0.15, 0.2) is 48.5 Å². The number of hydrogen-bond acceptors (Lipinski definition) is 2. The van der Waals surface area contributed by atoms with Crippen LogP contribution < -0.4 is 5.32 Å². The van der Waals surface area contributed by atoms with Gasteiger partial charge in [-0.25, -0.2) is 4.39 Å². The molecule has 1 atom stereocenters. The van der Waals surface area contributed by atoms with Gasteiger partial charge >= 0.3 is 0 Å². The molecule has 2 aromatic rings. The molecule has 1 unspecified atom stereocenters. The van der Waals surface area contributed by atoms with E-state index in [4.69, 9.17) is 0 Å². The zero-order chi connectivity index (χ0) is 18.5. The monoisotopic (exact) mass is 354 g/mol. The number of likely N-dealkylation sites (tertiary alicyclic amines) is 1. The van der Waals surface area contributed by atoms with Gasteiger partial charge in [-0.05, 0) is 48.2 Å². The molecule has 2 aromatic carbocycles. The molecular formula is C21H23FN2O2. The summed E-state index contributed by atoms with van der Waals surface area (Å²) in [5.74, 6) is -0.725. The Hall–Kier alpha value is -2.69. The number of rotatable bonds is 6. The van der Waals surface area contributed by atoms with Gasteiger partial charge in [0.1, 0.15) is 5.82 Å². The topological polar surface area (TPSA) is 49.4 Å². The van der Waals surface area contributed by atoms with E-state index in [0.717, 1.165) is 17.7 Å². The van der Waals surface area contributed by atoms with Crippen molar-refractivity contribution in [3.8, 4) is 0 Å². The second-order valence-corrected chi connectivity index (χ2v) is 6.66. The van der Waals surface area contributed by atoms with Crippen LogP contribution in [0.2, 0.25) is 0 Å². The molecule has 2 amide bonds. The van der Waals surface area contributed by atoms with Crippen molar-refractivity contribution in [2.24, 2.45) is 5.92 Å². The minimum atomic E-state index is -0.332. The summed E-state index contributed by atoms with van der Waals surface area (Å²) in [4.78, 5) is 26.3. The fraction of sp³-hybridized carbons (Fsp3) is 0.333. The lowest BCUT2D eigenvalue weighted by Gasteiger charge is -2.16. The highest BCUT2D eigenvalue weighted by Crippen LogP contribution is 2.21. The van der Waals surface area contributed by atoms with Gasteiger partial charge in [0.05, 0.1) is 5.92 Å². The van der Waals surface area contributed by atoms with E-state index in [0.29, 0.717) is 19.5 Å². The molecule has 0 aromatic heterocycles. The van der Waals surface area contributed by atoms with Crippen LogP contribution in [0.25, 0.3) is 0 Å². The van der Waals surface area contributed by atoms with E-state index in [-0.39, 0.29) is 30.0 Å². The van der Waals surface area contributed by atoms with Gasteiger partial charge in [0.15, 0.2) is 0 Å². The molecule has 3 rings (SSSR count). The molecule has 1 fully saturated rings. The molecule has 4 nitrogen and oxygen atoms in total. The molecule has 1 saturated heterocycles. The van der Waals surface area contributed by atoms with E-state index in [9.17, 15) is 14.0 Å². The van der Waals surface area contributed by atoms with Crippen molar-refractivity contribution < 1.29 is 14.0 Å².